The molecule has 0 radical (unpaired) electrons. The Balaban J connectivity index is 1.70. The lowest BCUT2D eigenvalue weighted by Gasteiger charge is -2.13. The van der Waals surface area contributed by atoms with Crippen LogP contribution in [0.3, 0.4) is 0 Å². The lowest BCUT2D eigenvalue weighted by atomic mass is 10.1. The van der Waals surface area contributed by atoms with Crippen LogP contribution in [0.5, 0.6) is 11.5 Å². The molecule has 4 rings (SSSR count). The van der Waals surface area contributed by atoms with Gasteiger partial charge in [0.05, 0.1) is 29.5 Å². The zero-order chi connectivity index (χ0) is 22.0. The first kappa shape index (κ1) is 20.3. The standard InChI is InChI=1S/C22H15ClFN5O2/c1-2-3-13-6-14(9-25)8-16(7-13)31-20-17(23)5-4-15(18(20)24)10-29-12-28-21-19(22(29)30)26-11-27-21/h2,4-8,11-12H,1,3,10H2,(H,26,27). The highest BCUT2D eigenvalue weighted by Gasteiger charge is 2.17. The van der Waals surface area contributed by atoms with Crippen LogP contribution < -0.4 is 10.3 Å². The third-order valence-electron chi connectivity index (χ3n) is 4.58. The van der Waals surface area contributed by atoms with Crippen LogP contribution >= 0.6 is 11.6 Å². The number of aromatic nitrogens is 4. The van der Waals surface area contributed by atoms with Crippen molar-refractivity contribution in [3.8, 4) is 17.6 Å². The van der Waals surface area contributed by atoms with Gasteiger partial charge < -0.3 is 9.72 Å². The second-order valence-corrected chi connectivity index (χ2v) is 7.11. The third-order valence-corrected chi connectivity index (χ3v) is 4.88. The van der Waals surface area contributed by atoms with Crippen molar-refractivity contribution in [2.24, 2.45) is 0 Å². The van der Waals surface area contributed by atoms with E-state index in [1.807, 2.05) is 6.07 Å². The number of hydrogen-bond donors (Lipinski definition) is 1. The first-order chi connectivity index (χ1) is 15.0. The number of rotatable bonds is 6. The number of nitrogens with one attached hydrogen (secondary N) is 1. The van der Waals surface area contributed by atoms with Crippen LogP contribution in [0.25, 0.3) is 11.2 Å². The number of imidazole rings is 1. The van der Waals surface area contributed by atoms with E-state index in [1.54, 1.807) is 18.2 Å². The number of benzene rings is 2. The van der Waals surface area contributed by atoms with E-state index in [0.29, 0.717) is 12.0 Å². The Morgan fingerprint density at radius 1 is 1.32 bits per heavy atom. The maximum absolute atomic E-state index is 15.3. The Labute approximate surface area is 181 Å². The van der Waals surface area contributed by atoms with Crippen LogP contribution in [0.2, 0.25) is 5.02 Å². The fraction of sp³-hybridized carbons (Fsp3) is 0.0909. The summed E-state index contributed by atoms with van der Waals surface area (Å²) in [6.45, 7) is 3.60. The SMILES string of the molecule is C=CCc1cc(C#N)cc(Oc2c(Cl)ccc(Cn3cnc4nc[nH]c4c3=O)c2F)c1. The fourth-order valence-electron chi connectivity index (χ4n) is 3.13. The van der Waals surface area contributed by atoms with E-state index in [4.69, 9.17) is 16.3 Å². The first-order valence-corrected chi connectivity index (χ1v) is 9.56. The van der Waals surface area contributed by atoms with Crippen molar-refractivity contribution in [3.63, 3.8) is 0 Å². The van der Waals surface area contributed by atoms with Gasteiger partial charge in [-0.05, 0) is 36.2 Å². The molecule has 31 heavy (non-hydrogen) atoms. The normalized spacial score (nSPS) is 10.7. The zero-order valence-corrected chi connectivity index (χ0v) is 16.9. The summed E-state index contributed by atoms with van der Waals surface area (Å²) < 4.78 is 22.3. The Kier molecular flexibility index (Phi) is 5.52. The average Bonchev–Trinajstić information content (AvgIpc) is 3.24. The molecule has 0 bridgehead atoms. The highest BCUT2D eigenvalue weighted by Crippen LogP contribution is 2.35. The molecule has 0 atom stereocenters. The van der Waals surface area contributed by atoms with Crippen LogP contribution in [0.4, 0.5) is 4.39 Å². The van der Waals surface area contributed by atoms with Crippen molar-refractivity contribution in [3.05, 3.63) is 93.5 Å². The molecule has 154 valence electrons. The number of nitrogens with zero attached hydrogens (tertiary/aromatic N) is 4. The molecule has 1 N–H and O–H groups in total. The van der Waals surface area contributed by atoms with Gasteiger partial charge in [0.1, 0.15) is 12.1 Å². The minimum Gasteiger partial charge on any atom is -0.453 e. The maximum atomic E-state index is 15.3. The molecule has 0 unspecified atom stereocenters. The summed E-state index contributed by atoms with van der Waals surface area (Å²) in [7, 11) is 0. The molecule has 2 heterocycles. The molecule has 0 aliphatic carbocycles. The Morgan fingerprint density at radius 3 is 2.94 bits per heavy atom. The first-order valence-electron chi connectivity index (χ1n) is 9.18. The van der Waals surface area contributed by atoms with Crippen LogP contribution in [-0.4, -0.2) is 19.5 Å². The smallest absolute Gasteiger partial charge is 0.279 e. The van der Waals surface area contributed by atoms with E-state index in [9.17, 15) is 10.1 Å². The van der Waals surface area contributed by atoms with Gasteiger partial charge in [-0.2, -0.15) is 5.26 Å². The number of aromatic amines is 1. The highest BCUT2D eigenvalue weighted by atomic mass is 35.5. The molecular formula is C22H15ClFN5O2. The van der Waals surface area contributed by atoms with E-state index in [2.05, 4.69) is 21.5 Å². The molecule has 0 spiro atoms. The number of ether oxygens (including phenoxy) is 1. The molecule has 9 heteroatoms. The number of fused-ring (bicyclic) bond motifs is 1. The largest absolute Gasteiger partial charge is 0.453 e. The minimum absolute atomic E-state index is 0.0587. The quantitative estimate of drug-likeness (QED) is 0.454. The van der Waals surface area contributed by atoms with Gasteiger partial charge in [0.15, 0.2) is 22.7 Å². The summed E-state index contributed by atoms with van der Waals surface area (Å²) in [6, 6.07) is 9.90. The van der Waals surface area contributed by atoms with Gasteiger partial charge in [0, 0.05) is 5.56 Å². The predicted octanol–water partition coefficient (Wildman–Crippen LogP) is 4.35. The number of H-pyrrole nitrogens is 1. The fourth-order valence-corrected chi connectivity index (χ4v) is 3.32. The van der Waals surface area contributed by atoms with Gasteiger partial charge in [-0.3, -0.25) is 9.36 Å². The number of halogens is 2. The minimum atomic E-state index is -0.711. The van der Waals surface area contributed by atoms with Crippen molar-refractivity contribution >= 4 is 22.8 Å². The van der Waals surface area contributed by atoms with Crippen LogP contribution in [0, 0.1) is 17.1 Å². The molecule has 0 aliphatic heterocycles. The van der Waals surface area contributed by atoms with Gasteiger partial charge in [0.2, 0.25) is 0 Å². The molecule has 0 saturated heterocycles. The Bertz CT molecular complexity index is 1400. The van der Waals surface area contributed by atoms with E-state index in [0.717, 1.165) is 5.56 Å². The molecular weight excluding hydrogens is 421 g/mol. The second-order valence-electron chi connectivity index (χ2n) is 6.70. The Morgan fingerprint density at radius 2 is 2.16 bits per heavy atom. The predicted molar refractivity (Wildman–Crippen MR) is 114 cm³/mol. The molecule has 7 nitrogen and oxygen atoms in total. The van der Waals surface area contributed by atoms with Gasteiger partial charge in [-0.25, -0.2) is 14.4 Å². The maximum Gasteiger partial charge on any atom is 0.279 e. The number of allylic oxidation sites excluding steroid dienone is 1. The lowest BCUT2D eigenvalue weighted by molar-refractivity contribution is 0.437. The summed E-state index contributed by atoms with van der Waals surface area (Å²) in [5.41, 5.74) is 1.49. The monoisotopic (exact) mass is 435 g/mol. The van der Waals surface area contributed by atoms with Gasteiger partial charge in [-0.15, -0.1) is 6.58 Å². The molecule has 0 aliphatic rings. The van der Waals surface area contributed by atoms with Crippen LogP contribution in [0.15, 0.2) is 60.4 Å². The van der Waals surface area contributed by atoms with E-state index < -0.39 is 5.82 Å². The number of hydrogen-bond acceptors (Lipinski definition) is 5. The Hall–Kier alpha value is -3.96. The second kappa shape index (κ2) is 8.42. The van der Waals surface area contributed by atoms with Crippen molar-refractivity contribution in [2.45, 2.75) is 13.0 Å². The topological polar surface area (TPSA) is 96.6 Å². The van der Waals surface area contributed by atoms with Crippen molar-refractivity contribution in [1.29, 1.82) is 5.26 Å². The van der Waals surface area contributed by atoms with Gasteiger partial charge in [0.25, 0.3) is 5.56 Å². The van der Waals surface area contributed by atoms with Crippen molar-refractivity contribution in [1.82, 2.24) is 19.5 Å². The van der Waals surface area contributed by atoms with E-state index in [1.165, 1.54) is 35.4 Å². The van der Waals surface area contributed by atoms with Crippen molar-refractivity contribution < 1.29 is 9.13 Å². The molecule has 2 aromatic carbocycles. The summed E-state index contributed by atoms with van der Waals surface area (Å²) in [4.78, 5) is 23.3. The highest BCUT2D eigenvalue weighted by molar-refractivity contribution is 6.32. The molecule has 4 aromatic rings. The van der Waals surface area contributed by atoms with E-state index in [-0.39, 0.29) is 45.4 Å². The van der Waals surface area contributed by atoms with Crippen LogP contribution in [-0.2, 0) is 13.0 Å². The summed E-state index contributed by atoms with van der Waals surface area (Å²) in [5.74, 6) is -0.634. The average molecular weight is 436 g/mol. The molecule has 2 aromatic heterocycles. The lowest BCUT2D eigenvalue weighted by Crippen LogP contribution is -2.21. The number of nitriles is 1. The zero-order valence-electron chi connectivity index (χ0n) is 16.1. The third kappa shape index (κ3) is 4.04. The van der Waals surface area contributed by atoms with Gasteiger partial charge in [-0.1, -0.05) is 23.7 Å². The van der Waals surface area contributed by atoms with E-state index >= 15 is 4.39 Å². The molecule has 0 amide bonds. The summed E-state index contributed by atoms with van der Waals surface area (Å²) in [5, 5.41) is 9.31. The molecule has 0 saturated carbocycles. The molecule has 0 fully saturated rings. The van der Waals surface area contributed by atoms with Crippen molar-refractivity contribution in [2.75, 3.05) is 0 Å². The summed E-state index contributed by atoms with van der Waals surface area (Å²) in [6.07, 6.45) is 4.89. The van der Waals surface area contributed by atoms with Gasteiger partial charge >= 0.3 is 0 Å². The summed E-state index contributed by atoms with van der Waals surface area (Å²) >= 11 is 6.18. The van der Waals surface area contributed by atoms with Crippen LogP contribution in [0.1, 0.15) is 16.7 Å².